The van der Waals surface area contributed by atoms with Crippen LogP contribution in [0.25, 0.3) is 22.7 Å². The second-order valence-corrected chi connectivity index (χ2v) is 2.69. The second kappa shape index (κ2) is 2.59. The first-order valence-electron chi connectivity index (χ1n) is 3.96. The summed E-state index contributed by atoms with van der Waals surface area (Å²) in [6, 6.07) is 0. The van der Waals surface area contributed by atoms with E-state index in [1.807, 2.05) is 0 Å². The van der Waals surface area contributed by atoms with Crippen LogP contribution >= 0.6 is 0 Å². The lowest BCUT2D eigenvalue weighted by atomic mass is 10.4. The summed E-state index contributed by atoms with van der Waals surface area (Å²) in [5, 5.41) is 10.1. The fourth-order valence-corrected chi connectivity index (χ4v) is 1.17. The summed E-state index contributed by atoms with van der Waals surface area (Å²) in [6.07, 6.45) is 4.80. The van der Waals surface area contributed by atoms with Gasteiger partial charge in [-0.25, -0.2) is 15.0 Å². The number of aromatic amines is 2. The molecule has 7 nitrogen and oxygen atoms in total. The van der Waals surface area contributed by atoms with Gasteiger partial charge in [-0.3, -0.25) is 0 Å². The van der Waals surface area contributed by atoms with Crippen LogP contribution in [-0.4, -0.2) is 35.3 Å². The highest BCUT2D eigenvalue weighted by atomic mass is 15.3. The molecule has 0 aliphatic rings. The molecule has 0 aromatic carbocycles. The Bertz CT molecular complexity index is 552. The number of hydrogen-bond acceptors (Lipinski definition) is 5. The summed E-state index contributed by atoms with van der Waals surface area (Å²) in [4.78, 5) is 15.3. The molecular formula is C7H5N7. The Morgan fingerprint density at radius 3 is 3.00 bits per heavy atom. The lowest BCUT2D eigenvalue weighted by Gasteiger charge is -1.92. The summed E-state index contributed by atoms with van der Waals surface area (Å²) in [7, 11) is 0. The summed E-state index contributed by atoms with van der Waals surface area (Å²) < 4.78 is 0. The predicted molar refractivity (Wildman–Crippen MR) is 47.1 cm³/mol. The molecule has 2 N–H and O–H groups in total. The van der Waals surface area contributed by atoms with Crippen LogP contribution in [0.5, 0.6) is 0 Å². The molecule has 3 aromatic heterocycles. The number of H-pyrrole nitrogens is 2. The fourth-order valence-electron chi connectivity index (χ4n) is 1.17. The van der Waals surface area contributed by atoms with Crippen LogP contribution in [0.15, 0.2) is 18.7 Å². The maximum absolute atomic E-state index is 4.20. The molecule has 0 atom stereocenters. The summed E-state index contributed by atoms with van der Waals surface area (Å²) in [5.74, 6) is 0.512. The molecule has 0 aliphatic carbocycles. The quantitative estimate of drug-likeness (QED) is 0.564. The van der Waals surface area contributed by atoms with Crippen LogP contribution in [0.1, 0.15) is 0 Å². The number of imidazole rings is 1. The normalized spacial score (nSPS) is 10.9. The topological polar surface area (TPSA) is 96.0 Å². The van der Waals surface area contributed by atoms with E-state index in [1.165, 1.54) is 0 Å². The molecule has 0 unspecified atom stereocenters. The minimum atomic E-state index is 0.512. The number of aromatic nitrogens is 7. The molecule has 3 aromatic rings. The summed E-state index contributed by atoms with van der Waals surface area (Å²) >= 11 is 0. The van der Waals surface area contributed by atoms with Crippen molar-refractivity contribution < 1.29 is 0 Å². The zero-order valence-electron chi connectivity index (χ0n) is 6.97. The van der Waals surface area contributed by atoms with Crippen molar-refractivity contribution in [2.24, 2.45) is 0 Å². The highest BCUT2D eigenvalue weighted by Crippen LogP contribution is 2.11. The van der Waals surface area contributed by atoms with Gasteiger partial charge in [0.05, 0.1) is 18.7 Å². The zero-order valence-corrected chi connectivity index (χ0v) is 6.97. The average molecular weight is 187 g/mol. The van der Waals surface area contributed by atoms with Crippen LogP contribution in [0, 0.1) is 0 Å². The predicted octanol–water partition coefficient (Wildman–Crippen LogP) is 0.138. The molecule has 0 aliphatic heterocycles. The minimum Gasteiger partial charge on any atom is -0.342 e. The van der Waals surface area contributed by atoms with Crippen molar-refractivity contribution >= 4 is 11.2 Å². The molecule has 7 heteroatoms. The number of fused-ring (bicyclic) bond motifs is 1. The fraction of sp³-hybridized carbons (Fsp3) is 0. The Hall–Kier alpha value is -2.31. The maximum atomic E-state index is 4.20. The summed E-state index contributed by atoms with van der Waals surface area (Å²) in [5.41, 5.74) is 2.03. The van der Waals surface area contributed by atoms with Gasteiger partial charge < -0.3 is 4.98 Å². The average Bonchev–Trinajstić information content (AvgIpc) is 2.88. The molecule has 3 heterocycles. The van der Waals surface area contributed by atoms with E-state index in [-0.39, 0.29) is 0 Å². The number of nitrogens with zero attached hydrogens (tertiary/aromatic N) is 5. The smallest absolute Gasteiger partial charge is 0.183 e. The van der Waals surface area contributed by atoms with Gasteiger partial charge in [0.15, 0.2) is 11.5 Å². The van der Waals surface area contributed by atoms with Crippen molar-refractivity contribution in [2.45, 2.75) is 0 Å². The van der Waals surface area contributed by atoms with E-state index >= 15 is 0 Å². The number of hydrogen-bond donors (Lipinski definition) is 2. The molecular weight excluding hydrogens is 182 g/mol. The molecule has 0 saturated heterocycles. The first-order valence-corrected chi connectivity index (χ1v) is 3.96. The Morgan fingerprint density at radius 2 is 2.14 bits per heavy atom. The van der Waals surface area contributed by atoms with Gasteiger partial charge in [-0.1, -0.05) is 0 Å². The van der Waals surface area contributed by atoms with Gasteiger partial charge >= 0.3 is 0 Å². The van der Waals surface area contributed by atoms with Crippen molar-refractivity contribution in [3.05, 3.63) is 18.7 Å². The Labute approximate surface area is 77.6 Å². The van der Waals surface area contributed by atoms with Gasteiger partial charge in [-0.05, 0) is 0 Å². The Balaban J connectivity index is 2.23. The van der Waals surface area contributed by atoms with E-state index in [0.29, 0.717) is 17.2 Å². The van der Waals surface area contributed by atoms with Crippen molar-refractivity contribution in [3.8, 4) is 11.5 Å². The molecule has 0 radical (unpaired) electrons. The van der Waals surface area contributed by atoms with Crippen molar-refractivity contribution in [2.75, 3.05) is 0 Å². The molecule has 14 heavy (non-hydrogen) atoms. The second-order valence-electron chi connectivity index (χ2n) is 2.69. The van der Waals surface area contributed by atoms with Gasteiger partial charge in [0.25, 0.3) is 0 Å². The van der Waals surface area contributed by atoms with Crippen molar-refractivity contribution in [1.82, 2.24) is 35.3 Å². The molecule has 0 fully saturated rings. The molecule has 0 bridgehead atoms. The van der Waals surface area contributed by atoms with Gasteiger partial charge in [-0.15, -0.1) is 0 Å². The first-order chi connectivity index (χ1) is 6.93. The van der Waals surface area contributed by atoms with Crippen molar-refractivity contribution in [1.29, 1.82) is 0 Å². The third kappa shape index (κ3) is 0.954. The van der Waals surface area contributed by atoms with Crippen LogP contribution in [0.4, 0.5) is 0 Å². The van der Waals surface area contributed by atoms with Crippen LogP contribution in [-0.2, 0) is 0 Å². The minimum absolute atomic E-state index is 0.512. The zero-order chi connectivity index (χ0) is 9.38. The third-order valence-electron chi connectivity index (χ3n) is 1.82. The molecule has 68 valence electrons. The van der Waals surface area contributed by atoms with Crippen LogP contribution in [0.2, 0.25) is 0 Å². The van der Waals surface area contributed by atoms with E-state index in [2.05, 4.69) is 35.3 Å². The van der Waals surface area contributed by atoms with Crippen LogP contribution < -0.4 is 0 Å². The highest BCUT2D eigenvalue weighted by Gasteiger charge is 2.06. The van der Waals surface area contributed by atoms with E-state index in [9.17, 15) is 0 Å². The van der Waals surface area contributed by atoms with Crippen LogP contribution in [0.3, 0.4) is 0 Å². The van der Waals surface area contributed by atoms with E-state index in [0.717, 1.165) is 5.52 Å². The van der Waals surface area contributed by atoms with E-state index in [1.54, 1.807) is 18.7 Å². The summed E-state index contributed by atoms with van der Waals surface area (Å²) in [6.45, 7) is 0. The van der Waals surface area contributed by atoms with Gasteiger partial charge in [0.1, 0.15) is 11.2 Å². The highest BCUT2D eigenvalue weighted by molar-refractivity contribution is 5.70. The third-order valence-corrected chi connectivity index (χ3v) is 1.82. The van der Waals surface area contributed by atoms with Gasteiger partial charge in [-0.2, -0.15) is 15.4 Å². The Kier molecular flexibility index (Phi) is 1.32. The molecule has 0 saturated carbocycles. The monoisotopic (exact) mass is 187 g/mol. The lowest BCUT2D eigenvalue weighted by Crippen LogP contribution is -1.89. The SMILES string of the molecule is c1nc2nc(-c3cn[nH]n3)ncc2[nH]1. The van der Waals surface area contributed by atoms with E-state index < -0.39 is 0 Å². The number of nitrogens with one attached hydrogen (secondary N) is 2. The largest absolute Gasteiger partial charge is 0.342 e. The maximum Gasteiger partial charge on any atom is 0.183 e. The molecule has 0 spiro atoms. The molecule has 0 amide bonds. The Morgan fingerprint density at radius 1 is 1.14 bits per heavy atom. The first kappa shape index (κ1) is 7.13. The van der Waals surface area contributed by atoms with Gasteiger partial charge in [0, 0.05) is 0 Å². The standard InChI is InChI=1S/C7H5N7/c1-4-6(10-3-9-4)12-7(8-1)5-2-11-14-13-5/h1-3H,(H,11,13,14)(H,8,9,10,12). The van der Waals surface area contributed by atoms with E-state index in [4.69, 9.17) is 0 Å². The molecule has 3 rings (SSSR count). The number of rotatable bonds is 1. The van der Waals surface area contributed by atoms with Crippen molar-refractivity contribution in [3.63, 3.8) is 0 Å². The lowest BCUT2D eigenvalue weighted by molar-refractivity contribution is 0.939. The van der Waals surface area contributed by atoms with Gasteiger partial charge in [0.2, 0.25) is 0 Å².